The Hall–Kier alpha value is -4.84. The Morgan fingerprint density at radius 2 is 1.56 bits per heavy atom. The quantitative estimate of drug-likeness (QED) is 0.153. The number of carbonyl (C=O) groups excluding carboxylic acids is 1. The van der Waals surface area contributed by atoms with Gasteiger partial charge in [-0.05, 0) is 60.7 Å². The average Bonchev–Trinajstić information content (AvgIpc) is 3.75. The molecule has 11 heteroatoms. The summed E-state index contributed by atoms with van der Waals surface area (Å²) in [5.74, 6) is -1.27. The fraction of sp³-hybridized carbons (Fsp3) is 0.308. The van der Waals surface area contributed by atoms with E-state index in [0.29, 0.717) is 50.3 Å². The van der Waals surface area contributed by atoms with Crippen LogP contribution in [0, 0.1) is 5.82 Å². The van der Waals surface area contributed by atoms with Crippen LogP contribution in [0.5, 0.6) is 11.5 Å². The molecule has 1 N–H and O–H groups in total. The Labute approximate surface area is 286 Å². The lowest BCUT2D eigenvalue weighted by Gasteiger charge is -2.40. The van der Waals surface area contributed by atoms with Crippen LogP contribution in [0.4, 0.5) is 18.9 Å². The van der Waals surface area contributed by atoms with Crippen LogP contribution in [-0.4, -0.2) is 36.1 Å². The van der Waals surface area contributed by atoms with Crippen molar-refractivity contribution in [2.75, 3.05) is 18.5 Å². The number of hydrogen-bond donors (Lipinski definition) is 1. The molecule has 1 saturated carbocycles. The van der Waals surface area contributed by atoms with Gasteiger partial charge in [-0.1, -0.05) is 66.7 Å². The van der Waals surface area contributed by atoms with E-state index in [0.717, 1.165) is 22.2 Å². The van der Waals surface area contributed by atoms with E-state index in [9.17, 15) is 13.6 Å². The molecule has 0 saturated heterocycles. The van der Waals surface area contributed by atoms with E-state index in [4.69, 9.17) is 14.2 Å². The molecule has 4 aromatic carbocycles. The summed E-state index contributed by atoms with van der Waals surface area (Å²) in [4.78, 5) is 13.6. The van der Waals surface area contributed by atoms with Crippen molar-refractivity contribution < 1.29 is 41.7 Å². The Kier molecular flexibility index (Phi) is 8.08. The second-order valence-corrected chi connectivity index (χ2v) is 13.3. The van der Waals surface area contributed by atoms with Crippen molar-refractivity contribution in [1.29, 1.82) is 0 Å². The second kappa shape index (κ2) is 12.5. The molecule has 1 amide bonds. The zero-order valence-corrected chi connectivity index (χ0v) is 27.3. The SMILES string of the molecule is CC1(COCc2ccccc2)O[C@@H](COCc2ccccc2)Cn2c1cc1cc(NC(=O)C3(c4ccc5c(c4)OC(F)(F)O5)CC3)c(F)cc12. The fourth-order valence-corrected chi connectivity index (χ4v) is 6.96. The van der Waals surface area contributed by atoms with Gasteiger partial charge in [-0.2, -0.15) is 0 Å². The van der Waals surface area contributed by atoms with Crippen molar-refractivity contribution in [3.8, 4) is 11.5 Å². The van der Waals surface area contributed by atoms with Crippen LogP contribution in [-0.2, 0) is 49.8 Å². The molecule has 8 rings (SSSR count). The number of halogens is 3. The largest absolute Gasteiger partial charge is 0.586 e. The van der Waals surface area contributed by atoms with Gasteiger partial charge in [-0.3, -0.25) is 4.79 Å². The number of aromatic nitrogens is 1. The van der Waals surface area contributed by atoms with E-state index in [2.05, 4.69) is 14.8 Å². The van der Waals surface area contributed by atoms with Crippen molar-refractivity contribution in [2.24, 2.45) is 0 Å². The highest BCUT2D eigenvalue weighted by Crippen LogP contribution is 2.52. The Morgan fingerprint density at radius 1 is 0.880 bits per heavy atom. The first-order chi connectivity index (χ1) is 24.1. The minimum Gasteiger partial charge on any atom is -0.395 e. The number of benzene rings is 4. The van der Waals surface area contributed by atoms with Crippen molar-refractivity contribution in [1.82, 2.24) is 4.57 Å². The summed E-state index contributed by atoms with van der Waals surface area (Å²) in [5, 5.41) is 3.49. The number of nitrogens with one attached hydrogen (secondary N) is 1. The maximum Gasteiger partial charge on any atom is 0.586 e. The first-order valence-corrected chi connectivity index (χ1v) is 16.6. The summed E-state index contributed by atoms with van der Waals surface area (Å²) in [6, 6.07) is 29.1. The molecule has 1 aliphatic carbocycles. The number of amides is 1. The van der Waals surface area contributed by atoms with Gasteiger partial charge in [0.15, 0.2) is 11.5 Å². The number of carbonyl (C=O) groups is 1. The Balaban J connectivity index is 1.05. The maximum atomic E-state index is 15.8. The zero-order valence-electron chi connectivity index (χ0n) is 27.3. The lowest BCUT2D eigenvalue weighted by atomic mass is 9.94. The third kappa shape index (κ3) is 6.21. The van der Waals surface area contributed by atoms with Gasteiger partial charge in [-0.25, -0.2) is 4.39 Å². The molecule has 5 aromatic rings. The highest BCUT2D eigenvalue weighted by molar-refractivity contribution is 6.03. The van der Waals surface area contributed by atoms with Gasteiger partial charge >= 0.3 is 6.29 Å². The summed E-state index contributed by atoms with van der Waals surface area (Å²) in [6.45, 7) is 3.77. The van der Waals surface area contributed by atoms with Crippen molar-refractivity contribution in [3.05, 3.63) is 125 Å². The summed E-state index contributed by atoms with van der Waals surface area (Å²) in [6.07, 6.45) is -3.15. The molecule has 2 aliphatic heterocycles. The standard InChI is InChI=1S/C39H35F3N2O6/c1-37(24-47-22-26-10-6-3-7-11-26)35-17-27-16-31(43-36(45)38(14-15-38)28-12-13-33-34(18-28)50-39(41,42)49-33)30(40)19-32(27)44(35)20-29(48-37)23-46-21-25-8-4-2-5-9-25/h2-13,16-19,29H,14-15,20-24H2,1H3,(H,43,45)/t29-,37?/m1/s1. The third-order valence-corrected chi connectivity index (χ3v) is 9.64. The average molecular weight is 685 g/mol. The molecule has 1 unspecified atom stereocenters. The minimum atomic E-state index is -3.76. The van der Waals surface area contributed by atoms with Crippen LogP contribution in [0.25, 0.3) is 10.9 Å². The van der Waals surface area contributed by atoms with Gasteiger partial charge in [0.1, 0.15) is 17.5 Å². The highest BCUT2D eigenvalue weighted by Gasteiger charge is 2.53. The lowest BCUT2D eigenvalue weighted by Crippen LogP contribution is -2.45. The predicted molar refractivity (Wildman–Crippen MR) is 179 cm³/mol. The lowest BCUT2D eigenvalue weighted by molar-refractivity contribution is -0.286. The molecule has 258 valence electrons. The van der Waals surface area contributed by atoms with Gasteiger partial charge in [0, 0.05) is 11.5 Å². The third-order valence-electron chi connectivity index (χ3n) is 9.64. The van der Waals surface area contributed by atoms with E-state index in [-0.39, 0.29) is 29.9 Å². The summed E-state index contributed by atoms with van der Waals surface area (Å²) < 4.78 is 73.2. The van der Waals surface area contributed by atoms with Crippen LogP contribution >= 0.6 is 0 Å². The molecule has 0 spiro atoms. The number of fused-ring (bicyclic) bond motifs is 4. The van der Waals surface area contributed by atoms with Gasteiger partial charge < -0.3 is 33.6 Å². The smallest absolute Gasteiger partial charge is 0.395 e. The number of alkyl halides is 2. The summed E-state index contributed by atoms with van der Waals surface area (Å²) in [7, 11) is 0. The zero-order chi connectivity index (χ0) is 34.5. The molecule has 1 aromatic heterocycles. The number of nitrogens with zero attached hydrogens (tertiary/aromatic N) is 1. The molecular formula is C39H35F3N2O6. The number of anilines is 1. The van der Waals surface area contributed by atoms with E-state index < -0.39 is 29.0 Å². The number of hydrogen-bond acceptors (Lipinski definition) is 6. The maximum absolute atomic E-state index is 15.8. The van der Waals surface area contributed by atoms with Gasteiger partial charge in [0.2, 0.25) is 5.91 Å². The molecular weight excluding hydrogens is 649 g/mol. The predicted octanol–water partition coefficient (Wildman–Crippen LogP) is 7.82. The molecule has 0 radical (unpaired) electrons. The molecule has 0 bridgehead atoms. The van der Waals surface area contributed by atoms with Crippen LogP contribution in [0.2, 0.25) is 0 Å². The van der Waals surface area contributed by atoms with Crippen molar-refractivity contribution in [3.63, 3.8) is 0 Å². The van der Waals surface area contributed by atoms with E-state index >= 15 is 4.39 Å². The number of rotatable bonds is 11. The molecule has 3 heterocycles. The van der Waals surface area contributed by atoms with Crippen LogP contribution < -0.4 is 14.8 Å². The van der Waals surface area contributed by atoms with E-state index in [1.165, 1.54) is 18.2 Å². The molecule has 50 heavy (non-hydrogen) atoms. The van der Waals surface area contributed by atoms with Gasteiger partial charge in [-0.15, -0.1) is 8.78 Å². The second-order valence-electron chi connectivity index (χ2n) is 13.3. The monoisotopic (exact) mass is 684 g/mol. The Bertz CT molecular complexity index is 2050. The van der Waals surface area contributed by atoms with E-state index in [1.807, 2.05) is 78.2 Å². The molecule has 3 aliphatic rings. The normalized spacial score (nSPS) is 21.2. The van der Waals surface area contributed by atoms with Crippen LogP contribution in [0.3, 0.4) is 0 Å². The van der Waals surface area contributed by atoms with E-state index in [1.54, 1.807) is 12.1 Å². The Morgan fingerprint density at radius 3 is 2.26 bits per heavy atom. The first kappa shape index (κ1) is 32.4. The minimum absolute atomic E-state index is 0.0229. The fourth-order valence-electron chi connectivity index (χ4n) is 6.96. The number of ether oxygens (including phenoxy) is 5. The van der Waals surface area contributed by atoms with Crippen LogP contribution in [0.1, 0.15) is 42.1 Å². The van der Waals surface area contributed by atoms with Gasteiger partial charge in [0.25, 0.3) is 0 Å². The molecule has 1 fully saturated rings. The van der Waals surface area contributed by atoms with Gasteiger partial charge in [0.05, 0.1) is 55.3 Å². The topological polar surface area (TPSA) is 80.2 Å². The van der Waals surface area contributed by atoms with Crippen LogP contribution in [0.15, 0.2) is 97.1 Å². The van der Waals surface area contributed by atoms with Crippen molar-refractivity contribution in [2.45, 2.75) is 62.9 Å². The summed E-state index contributed by atoms with van der Waals surface area (Å²) in [5.41, 5.74) is 2.19. The molecule has 8 nitrogen and oxygen atoms in total. The highest BCUT2D eigenvalue weighted by atomic mass is 19.3. The first-order valence-electron chi connectivity index (χ1n) is 16.6. The summed E-state index contributed by atoms with van der Waals surface area (Å²) >= 11 is 0. The van der Waals surface area contributed by atoms with Crippen molar-refractivity contribution >= 4 is 22.5 Å². The molecule has 2 atom stereocenters.